The molecule has 20 heavy (non-hydrogen) atoms. The van der Waals surface area contributed by atoms with Crippen molar-refractivity contribution in [3.05, 3.63) is 0 Å². The Labute approximate surface area is 118 Å². The Hall–Kier alpha value is -1.23. The van der Waals surface area contributed by atoms with E-state index in [1.165, 1.54) is 4.90 Å². The number of rotatable bonds is 4. The standard InChI is InChI=1S/C15H21NO4/c1-2-9-5-11-12(6-9)15(19)16(14(11)18)7-13(17)10-3-4-20-8-10/h9-12H,2-8H2,1H3. The Morgan fingerprint density at radius 2 is 1.90 bits per heavy atom. The van der Waals surface area contributed by atoms with Crippen LogP contribution >= 0.6 is 0 Å². The van der Waals surface area contributed by atoms with Gasteiger partial charge in [0.05, 0.1) is 25.0 Å². The molecular formula is C15H21NO4. The van der Waals surface area contributed by atoms with E-state index >= 15 is 0 Å². The van der Waals surface area contributed by atoms with E-state index in [1.54, 1.807) is 0 Å². The first kappa shape index (κ1) is 13.7. The first-order chi connectivity index (χ1) is 9.61. The minimum Gasteiger partial charge on any atom is -0.381 e. The number of imide groups is 1. The van der Waals surface area contributed by atoms with E-state index in [2.05, 4.69) is 6.92 Å². The maximum Gasteiger partial charge on any atom is 0.233 e. The quantitative estimate of drug-likeness (QED) is 0.721. The molecule has 1 saturated carbocycles. The highest BCUT2D eigenvalue weighted by atomic mass is 16.5. The average Bonchev–Trinajstić information content (AvgIpc) is 3.14. The van der Waals surface area contributed by atoms with Crippen molar-refractivity contribution in [2.24, 2.45) is 23.7 Å². The number of carbonyl (C=O) groups excluding carboxylic acids is 3. The Bertz CT molecular complexity index is 417. The van der Waals surface area contributed by atoms with Crippen molar-refractivity contribution < 1.29 is 19.1 Å². The van der Waals surface area contributed by atoms with Gasteiger partial charge in [0.25, 0.3) is 0 Å². The molecule has 2 saturated heterocycles. The predicted octanol–water partition coefficient (Wildman–Crippen LogP) is 1.01. The van der Waals surface area contributed by atoms with Gasteiger partial charge >= 0.3 is 0 Å². The highest BCUT2D eigenvalue weighted by molar-refractivity contribution is 6.08. The van der Waals surface area contributed by atoms with Crippen LogP contribution in [0.4, 0.5) is 0 Å². The third-order valence-corrected chi connectivity index (χ3v) is 5.10. The summed E-state index contributed by atoms with van der Waals surface area (Å²) in [5, 5.41) is 0. The SMILES string of the molecule is CCC1CC2C(=O)N(CC(=O)C3CCOC3)C(=O)C2C1. The van der Waals surface area contributed by atoms with Crippen molar-refractivity contribution in [3.8, 4) is 0 Å². The van der Waals surface area contributed by atoms with Crippen molar-refractivity contribution in [3.63, 3.8) is 0 Å². The second kappa shape index (κ2) is 5.28. The molecule has 2 amide bonds. The highest BCUT2D eigenvalue weighted by Gasteiger charge is 2.52. The number of hydrogen-bond donors (Lipinski definition) is 0. The van der Waals surface area contributed by atoms with Gasteiger partial charge in [0, 0.05) is 12.5 Å². The summed E-state index contributed by atoms with van der Waals surface area (Å²) in [4.78, 5) is 38.0. The summed E-state index contributed by atoms with van der Waals surface area (Å²) in [5.41, 5.74) is 0. The molecule has 3 fully saturated rings. The van der Waals surface area contributed by atoms with Gasteiger partial charge in [-0.15, -0.1) is 0 Å². The number of ketones is 1. The van der Waals surface area contributed by atoms with Gasteiger partial charge in [-0.2, -0.15) is 0 Å². The average molecular weight is 279 g/mol. The van der Waals surface area contributed by atoms with E-state index in [9.17, 15) is 14.4 Å². The normalized spacial score (nSPS) is 36.8. The van der Waals surface area contributed by atoms with Gasteiger partial charge in [0.2, 0.25) is 11.8 Å². The lowest BCUT2D eigenvalue weighted by Gasteiger charge is -2.18. The number of likely N-dealkylation sites (tertiary alicyclic amines) is 1. The van der Waals surface area contributed by atoms with Gasteiger partial charge in [0.1, 0.15) is 0 Å². The first-order valence-corrected chi connectivity index (χ1v) is 7.57. The first-order valence-electron chi connectivity index (χ1n) is 7.57. The zero-order valence-corrected chi connectivity index (χ0v) is 11.8. The minimum absolute atomic E-state index is 0.0313. The molecule has 0 spiro atoms. The molecule has 5 heteroatoms. The molecule has 3 rings (SSSR count). The molecule has 0 radical (unpaired) electrons. The smallest absolute Gasteiger partial charge is 0.233 e. The monoisotopic (exact) mass is 279 g/mol. The van der Waals surface area contributed by atoms with Crippen LogP contribution in [0.3, 0.4) is 0 Å². The topological polar surface area (TPSA) is 63.7 Å². The fourth-order valence-electron chi connectivity index (χ4n) is 3.76. The van der Waals surface area contributed by atoms with Crippen LogP contribution < -0.4 is 0 Å². The molecular weight excluding hydrogens is 258 g/mol. The van der Waals surface area contributed by atoms with Crippen LogP contribution in [0.5, 0.6) is 0 Å². The van der Waals surface area contributed by atoms with E-state index in [0.717, 1.165) is 19.3 Å². The summed E-state index contributed by atoms with van der Waals surface area (Å²) < 4.78 is 5.19. The van der Waals surface area contributed by atoms with Crippen molar-refractivity contribution in [1.29, 1.82) is 0 Å². The molecule has 5 nitrogen and oxygen atoms in total. The molecule has 2 aliphatic heterocycles. The lowest BCUT2D eigenvalue weighted by Crippen LogP contribution is -2.39. The molecule has 0 aromatic heterocycles. The summed E-state index contributed by atoms with van der Waals surface area (Å²) in [6.45, 7) is 3.08. The van der Waals surface area contributed by atoms with Gasteiger partial charge in [-0.1, -0.05) is 13.3 Å². The molecule has 3 atom stereocenters. The van der Waals surface area contributed by atoms with E-state index in [0.29, 0.717) is 25.6 Å². The fraction of sp³-hybridized carbons (Fsp3) is 0.800. The molecule has 0 aromatic rings. The maximum absolute atomic E-state index is 12.3. The lowest BCUT2D eigenvalue weighted by atomic mass is 10.00. The number of amides is 2. The molecule has 1 aliphatic carbocycles. The largest absolute Gasteiger partial charge is 0.381 e. The van der Waals surface area contributed by atoms with Crippen LogP contribution in [0.25, 0.3) is 0 Å². The maximum atomic E-state index is 12.3. The van der Waals surface area contributed by atoms with Gasteiger partial charge < -0.3 is 4.74 Å². The second-order valence-corrected chi connectivity index (χ2v) is 6.25. The van der Waals surface area contributed by atoms with E-state index in [4.69, 9.17) is 4.74 Å². The van der Waals surface area contributed by atoms with Gasteiger partial charge in [0.15, 0.2) is 5.78 Å². The van der Waals surface area contributed by atoms with E-state index in [1.807, 2.05) is 0 Å². The van der Waals surface area contributed by atoms with Crippen LogP contribution in [-0.4, -0.2) is 42.3 Å². The van der Waals surface area contributed by atoms with E-state index in [-0.39, 0.29) is 41.9 Å². The van der Waals surface area contributed by atoms with Gasteiger partial charge in [-0.05, 0) is 25.2 Å². The van der Waals surface area contributed by atoms with Gasteiger partial charge in [-0.3, -0.25) is 19.3 Å². The molecule has 3 unspecified atom stereocenters. The van der Waals surface area contributed by atoms with Crippen LogP contribution in [0.1, 0.15) is 32.6 Å². The van der Waals surface area contributed by atoms with Crippen molar-refractivity contribution in [1.82, 2.24) is 4.90 Å². The lowest BCUT2D eigenvalue weighted by molar-refractivity contribution is -0.144. The predicted molar refractivity (Wildman–Crippen MR) is 70.6 cm³/mol. The third-order valence-electron chi connectivity index (χ3n) is 5.10. The molecule has 0 N–H and O–H groups in total. The zero-order chi connectivity index (χ0) is 14.3. The summed E-state index contributed by atoms with van der Waals surface area (Å²) in [6.07, 6.45) is 3.34. The number of carbonyl (C=O) groups is 3. The Kier molecular flexibility index (Phi) is 3.63. The second-order valence-electron chi connectivity index (χ2n) is 6.25. The van der Waals surface area contributed by atoms with Gasteiger partial charge in [-0.25, -0.2) is 0 Å². The zero-order valence-electron chi connectivity index (χ0n) is 11.8. The number of Topliss-reactive ketones (excluding diaryl/α,β-unsaturated/α-hetero) is 1. The summed E-state index contributed by atoms with van der Waals surface area (Å²) in [6, 6.07) is 0. The number of hydrogen-bond acceptors (Lipinski definition) is 4. The number of nitrogens with zero attached hydrogens (tertiary/aromatic N) is 1. The summed E-state index contributed by atoms with van der Waals surface area (Å²) in [5.74, 6) is -0.263. The van der Waals surface area contributed by atoms with Crippen LogP contribution in [0.2, 0.25) is 0 Å². The van der Waals surface area contributed by atoms with Crippen molar-refractivity contribution in [2.45, 2.75) is 32.6 Å². The third kappa shape index (κ3) is 2.18. The van der Waals surface area contributed by atoms with Crippen LogP contribution in [-0.2, 0) is 19.1 Å². The summed E-state index contributed by atoms with van der Waals surface area (Å²) in [7, 11) is 0. The highest BCUT2D eigenvalue weighted by Crippen LogP contribution is 2.44. The Balaban J connectivity index is 1.65. The molecule has 0 aromatic carbocycles. The van der Waals surface area contributed by atoms with Crippen LogP contribution in [0, 0.1) is 23.7 Å². The Morgan fingerprint density at radius 1 is 1.25 bits per heavy atom. The molecule has 2 heterocycles. The molecule has 110 valence electrons. The van der Waals surface area contributed by atoms with Crippen molar-refractivity contribution >= 4 is 17.6 Å². The fourth-order valence-corrected chi connectivity index (χ4v) is 3.76. The number of ether oxygens (including phenoxy) is 1. The molecule has 0 bridgehead atoms. The number of fused-ring (bicyclic) bond motifs is 1. The molecule has 3 aliphatic rings. The minimum atomic E-state index is -0.167. The van der Waals surface area contributed by atoms with Crippen molar-refractivity contribution in [2.75, 3.05) is 19.8 Å². The van der Waals surface area contributed by atoms with Crippen LogP contribution in [0.15, 0.2) is 0 Å². The Morgan fingerprint density at radius 3 is 2.40 bits per heavy atom. The van der Waals surface area contributed by atoms with E-state index < -0.39 is 0 Å². The summed E-state index contributed by atoms with van der Waals surface area (Å²) >= 11 is 0.